The monoisotopic (exact) mass is 446 g/mol. The van der Waals surface area contributed by atoms with E-state index in [1.165, 1.54) is 19.1 Å². The SMILES string of the molecule is CCC(NC(=O)c1cn(-c2ncc(F)cc2F)c2nc(Cl)ccc2c1=O)C(F)(F)F. The Morgan fingerprint density at radius 3 is 2.60 bits per heavy atom. The highest BCUT2D eigenvalue weighted by molar-refractivity contribution is 6.29. The molecule has 1 amide bonds. The van der Waals surface area contributed by atoms with E-state index in [2.05, 4.69) is 9.97 Å². The maximum absolute atomic E-state index is 14.3. The number of aromatic nitrogens is 3. The smallest absolute Gasteiger partial charge is 0.340 e. The topological polar surface area (TPSA) is 76.9 Å². The van der Waals surface area contributed by atoms with E-state index in [1.54, 1.807) is 5.32 Å². The molecule has 158 valence electrons. The van der Waals surface area contributed by atoms with Crippen LogP contribution in [0.4, 0.5) is 22.0 Å². The molecule has 3 heterocycles. The van der Waals surface area contributed by atoms with Crippen LogP contribution in [0.3, 0.4) is 0 Å². The van der Waals surface area contributed by atoms with Gasteiger partial charge in [-0.25, -0.2) is 18.7 Å². The van der Waals surface area contributed by atoms with Gasteiger partial charge in [0.25, 0.3) is 5.91 Å². The van der Waals surface area contributed by atoms with Crippen LogP contribution in [-0.2, 0) is 0 Å². The number of nitrogens with zero attached hydrogens (tertiary/aromatic N) is 3. The van der Waals surface area contributed by atoms with Crippen molar-refractivity contribution in [3.63, 3.8) is 0 Å². The average molecular weight is 447 g/mol. The van der Waals surface area contributed by atoms with Gasteiger partial charge in [0, 0.05) is 12.3 Å². The van der Waals surface area contributed by atoms with Gasteiger partial charge >= 0.3 is 6.18 Å². The van der Waals surface area contributed by atoms with E-state index in [4.69, 9.17) is 11.6 Å². The molecule has 6 nitrogen and oxygen atoms in total. The summed E-state index contributed by atoms with van der Waals surface area (Å²) in [5, 5.41) is 1.44. The number of pyridine rings is 3. The fourth-order valence-electron chi connectivity index (χ4n) is 2.74. The molecule has 0 bridgehead atoms. The Morgan fingerprint density at radius 2 is 2.00 bits per heavy atom. The number of carbonyl (C=O) groups is 1. The molecule has 0 aliphatic carbocycles. The van der Waals surface area contributed by atoms with Crippen molar-refractivity contribution in [2.24, 2.45) is 0 Å². The molecule has 0 fully saturated rings. The Morgan fingerprint density at radius 1 is 1.30 bits per heavy atom. The van der Waals surface area contributed by atoms with Crippen LogP contribution in [0.1, 0.15) is 23.7 Å². The van der Waals surface area contributed by atoms with Gasteiger partial charge < -0.3 is 5.32 Å². The van der Waals surface area contributed by atoms with Crippen LogP contribution in [0.2, 0.25) is 5.15 Å². The first kappa shape index (κ1) is 21.6. The van der Waals surface area contributed by atoms with Gasteiger partial charge in [-0.15, -0.1) is 0 Å². The van der Waals surface area contributed by atoms with E-state index < -0.39 is 53.0 Å². The van der Waals surface area contributed by atoms with Gasteiger partial charge in [0.05, 0.1) is 11.6 Å². The van der Waals surface area contributed by atoms with Crippen molar-refractivity contribution in [1.29, 1.82) is 0 Å². The zero-order valence-electron chi connectivity index (χ0n) is 15.1. The Labute approximate surface area is 170 Å². The van der Waals surface area contributed by atoms with Gasteiger partial charge in [0.15, 0.2) is 17.3 Å². The van der Waals surface area contributed by atoms with E-state index in [-0.39, 0.29) is 16.2 Å². The molecule has 1 atom stereocenters. The van der Waals surface area contributed by atoms with Crippen LogP contribution < -0.4 is 10.7 Å². The highest BCUT2D eigenvalue weighted by Crippen LogP contribution is 2.23. The third-order valence-corrected chi connectivity index (χ3v) is 4.40. The second-order valence-corrected chi connectivity index (χ2v) is 6.57. The molecule has 0 saturated carbocycles. The lowest BCUT2D eigenvalue weighted by Gasteiger charge is -2.20. The lowest BCUT2D eigenvalue weighted by atomic mass is 10.1. The maximum atomic E-state index is 14.3. The van der Waals surface area contributed by atoms with Gasteiger partial charge in [-0.05, 0) is 18.6 Å². The molecule has 1 N–H and O–H groups in total. The summed E-state index contributed by atoms with van der Waals surface area (Å²) in [6, 6.07) is 0.712. The summed E-state index contributed by atoms with van der Waals surface area (Å²) in [7, 11) is 0. The van der Waals surface area contributed by atoms with Gasteiger partial charge in [0.2, 0.25) is 5.43 Å². The number of carbonyl (C=O) groups excluding carboxylic acids is 1. The predicted molar refractivity (Wildman–Crippen MR) is 97.7 cm³/mol. The minimum atomic E-state index is -4.74. The number of alkyl halides is 3. The molecule has 0 saturated heterocycles. The van der Waals surface area contributed by atoms with Gasteiger partial charge in [-0.1, -0.05) is 18.5 Å². The first-order chi connectivity index (χ1) is 14.0. The molecule has 3 aromatic heterocycles. The molecule has 12 heteroatoms. The van der Waals surface area contributed by atoms with Crippen LogP contribution in [0.15, 0.2) is 35.4 Å². The number of nitrogens with one attached hydrogen (secondary N) is 1. The van der Waals surface area contributed by atoms with Crippen LogP contribution in [0.25, 0.3) is 16.9 Å². The Balaban J connectivity index is 2.24. The van der Waals surface area contributed by atoms with Crippen molar-refractivity contribution >= 4 is 28.5 Å². The highest BCUT2D eigenvalue weighted by atomic mass is 35.5. The van der Waals surface area contributed by atoms with Crippen molar-refractivity contribution in [1.82, 2.24) is 19.9 Å². The number of rotatable bonds is 4. The molecular weight excluding hydrogens is 435 g/mol. The summed E-state index contributed by atoms with van der Waals surface area (Å²) in [4.78, 5) is 32.7. The lowest BCUT2D eigenvalue weighted by Crippen LogP contribution is -2.46. The van der Waals surface area contributed by atoms with E-state index in [0.29, 0.717) is 12.3 Å². The fraction of sp³-hybridized carbons (Fsp3) is 0.222. The van der Waals surface area contributed by atoms with Crippen molar-refractivity contribution in [3.8, 4) is 5.82 Å². The zero-order valence-corrected chi connectivity index (χ0v) is 15.9. The lowest BCUT2D eigenvalue weighted by molar-refractivity contribution is -0.153. The summed E-state index contributed by atoms with van der Waals surface area (Å²) >= 11 is 5.83. The van der Waals surface area contributed by atoms with Gasteiger partial charge in [-0.3, -0.25) is 14.2 Å². The second kappa shape index (κ2) is 7.98. The summed E-state index contributed by atoms with van der Waals surface area (Å²) in [6.45, 7) is 1.21. The number of hydrogen-bond donors (Lipinski definition) is 1. The maximum Gasteiger partial charge on any atom is 0.408 e. The van der Waals surface area contributed by atoms with Crippen LogP contribution >= 0.6 is 11.6 Å². The summed E-state index contributed by atoms with van der Waals surface area (Å²) < 4.78 is 67.4. The third-order valence-electron chi connectivity index (χ3n) is 4.19. The molecule has 0 aliphatic rings. The molecule has 3 rings (SSSR count). The normalized spacial score (nSPS) is 12.8. The summed E-state index contributed by atoms with van der Waals surface area (Å²) in [5.41, 5.74) is -1.87. The van der Waals surface area contributed by atoms with Crippen LogP contribution in [0.5, 0.6) is 0 Å². The minimum absolute atomic E-state index is 0.0847. The van der Waals surface area contributed by atoms with Crippen LogP contribution in [0, 0.1) is 11.6 Å². The molecular formula is C18H12ClF5N4O2. The van der Waals surface area contributed by atoms with E-state index in [1.807, 2.05) is 0 Å². The summed E-state index contributed by atoms with van der Waals surface area (Å²) in [5.74, 6) is -4.00. The number of amides is 1. The molecule has 1 unspecified atom stereocenters. The van der Waals surface area contributed by atoms with Gasteiger partial charge in [0.1, 0.15) is 22.6 Å². The first-order valence-corrected chi connectivity index (χ1v) is 8.81. The molecule has 30 heavy (non-hydrogen) atoms. The predicted octanol–water partition coefficient (Wildman–Crippen LogP) is 3.78. The highest BCUT2D eigenvalue weighted by Gasteiger charge is 2.39. The number of hydrogen-bond acceptors (Lipinski definition) is 4. The van der Waals surface area contributed by atoms with Crippen molar-refractivity contribution < 1.29 is 26.7 Å². The van der Waals surface area contributed by atoms with E-state index in [9.17, 15) is 31.5 Å². The van der Waals surface area contributed by atoms with E-state index >= 15 is 0 Å². The number of halogens is 6. The largest absolute Gasteiger partial charge is 0.408 e. The molecule has 0 aromatic carbocycles. The van der Waals surface area contributed by atoms with E-state index in [0.717, 1.165) is 10.8 Å². The van der Waals surface area contributed by atoms with Crippen LogP contribution in [-0.4, -0.2) is 32.7 Å². The second-order valence-electron chi connectivity index (χ2n) is 6.18. The third kappa shape index (κ3) is 4.11. The molecule has 0 spiro atoms. The average Bonchev–Trinajstić information content (AvgIpc) is 2.66. The standard InChI is InChI=1S/C18H12ClF5N4O2/c1-2-12(18(22,23)24)26-17(30)10-7-28(16-11(21)5-8(20)6-25-16)15-9(14(10)29)3-4-13(19)27-15/h3-7,12H,2H2,1H3,(H,26,30). The quantitative estimate of drug-likeness (QED) is 0.489. The molecule has 0 aliphatic heterocycles. The zero-order chi connectivity index (χ0) is 22.2. The Bertz CT molecular complexity index is 1200. The molecule has 3 aromatic rings. The van der Waals surface area contributed by atoms with Crippen molar-refractivity contribution in [3.05, 3.63) is 63.2 Å². The Kier molecular flexibility index (Phi) is 5.75. The Hall–Kier alpha value is -3.08. The van der Waals surface area contributed by atoms with Crippen molar-refractivity contribution in [2.45, 2.75) is 25.6 Å². The minimum Gasteiger partial charge on any atom is -0.340 e. The summed E-state index contributed by atoms with van der Waals surface area (Å²) in [6.07, 6.45) is -3.73. The van der Waals surface area contributed by atoms with Gasteiger partial charge in [-0.2, -0.15) is 13.2 Å². The fourth-order valence-corrected chi connectivity index (χ4v) is 2.88. The molecule has 0 radical (unpaired) electrons. The van der Waals surface area contributed by atoms with Crippen molar-refractivity contribution in [2.75, 3.05) is 0 Å². The number of fused-ring (bicyclic) bond motifs is 1. The first-order valence-electron chi connectivity index (χ1n) is 8.43.